The predicted octanol–water partition coefficient (Wildman–Crippen LogP) is 4.34. The van der Waals surface area contributed by atoms with E-state index in [4.69, 9.17) is 23.2 Å². The average Bonchev–Trinajstić information content (AvgIpc) is 2.41. The first-order valence-electron chi connectivity index (χ1n) is 7.06. The van der Waals surface area contributed by atoms with E-state index in [2.05, 4.69) is 11.6 Å². The normalized spacial score (nSPS) is 11.8. The number of phenols is 1. The summed E-state index contributed by atoms with van der Waals surface area (Å²) in [5, 5.41) is 9.83. The Hall–Kier alpha value is -0.490. The van der Waals surface area contributed by atoms with Gasteiger partial charge in [-0.15, -0.1) is 0 Å². The number of hydrogen-bond acceptors (Lipinski definition) is 3. The van der Waals surface area contributed by atoms with Crippen molar-refractivity contribution in [2.45, 2.75) is 50.3 Å². The van der Waals surface area contributed by atoms with E-state index in [0.29, 0.717) is 6.54 Å². The third-order valence-electron chi connectivity index (χ3n) is 3.11. The van der Waals surface area contributed by atoms with Crippen molar-refractivity contribution in [1.29, 1.82) is 0 Å². The molecule has 0 aliphatic carbocycles. The number of unbranched alkanes of at least 4 members (excludes halogenated alkanes) is 5. The highest BCUT2D eigenvalue weighted by atomic mass is 35.5. The van der Waals surface area contributed by atoms with Gasteiger partial charge < -0.3 is 5.11 Å². The number of rotatable bonds is 9. The molecule has 7 heteroatoms. The lowest BCUT2D eigenvalue weighted by Crippen LogP contribution is -2.25. The zero-order valence-corrected chi connectivity index (χ0v) is 14.4. The maximum absolute atomic E-state index is 12.1. The van der Waals surface area contributed by atoms with Crippen LogP contribution in [-0.2, 0) is 10.0 Å². The highest BCUT2D eigenvalue weighted by Gasteiger charge is 2.21. The topological polar surface area (TPSA) is 66.4 Å². The second kappa shape index (κ2) is 8.83. The molecule has 0 fully saturated rings. The van der Waals surface area contributed by atoms with Crippen LogP contribution in [0.2, 0.25) is 10.0 Å². The van der Waals surface area contributed by atoms with Crippen LogP contribution in [-0.4, -0.2) is 20.1 Å². The SMILES string of the molecule is CCCCCCCCNS(=O)(=O)c1cc(Cl)cc(Cl)c1O. The fraction of sp³-hybridized carbons (Fsp3) is 0.571. The molecule has 0 saturated heterocycles. The van der Waals surface area contributed by atoms with Crippen LogP contribution in [0.15, 0.2) is 17.0 Å². The lowest BCUT2D eigenvalue weighted by molar-refractivity contribution is 0.458. The molecule has 0 aliphatic rings. The van der Waals surface area contributed by atoms with E-state index in [1.807, 2.05) is 0 Å². The van der Waals surface area contributed by atoms with Crippen molar-refractivity contribution in [3.05, 3.63) is 22.2 Å². The van der Waals surface area contributed by atoms with Crippen molar-refractivity contribution in [3.8, 4) is 5.75 Å². The number of benzene rings is 1. The van der Waals surface area contributed by atoms with Crippen molar-refractivity contribution in [2.24, 2.45) is 0 Å². The minimum atomic E-state index is -3.80. The Morgan fingerprint density at radius 3 is 2.38 bits per heavy atom. The number of phenolic OH excluding ortho intramolecular Hbond substituents is 1. The summed E-state index contributed by atoms with van der Waals surface area (Å²) in [5.74, 6) is -0.475. The molecule has 0 bridgehead atoms. The standard InChI is InChI=1S/C14H21Cl2NO3S/c1-2-3-4-5-6-7-8-17-21(19,20)13-10-11(15)9-12(16)14(13)18/h9-10,17-18H,2-8H2,1H3. The second-order valence-corrected chi connectivity index (χ2v) is 7.48. The molecule has 1 rings (SSSR count). The van der Waals surface area contributed by atoms with E-state index in [1.165, 1.54) is 31.4 Å². The van der Waals surface area contributed by atoms with Gasteiger partial charge in [-0.2, -0.15) is 0 Å². The van der Waals surface area contributed by atoms with Gasteiger partial charge in [0.2, 0.25) is 10.0 Å². The number of halogens is 2. The fourth-order valence-corrected chi connectivity index (χ4v) is 3.77. The van der Waals surface area contributed by atoms with Crippen molar-refractivity contribution in [2.75, 3.05) is 6.54 Å². The molecule has 0 amide bonds. The van der Waals surface area contributed by atoms with E-state index in [-0.39, 0.29) is 14.9 Å². The molecular weight excluding hydrogens is 333 g/mol. The maximum atomic E-state index is 12.1. The summed E-state index contributed by atoms with van der Waals surface area (Å²) in [5.41, 5.74) is 0. The highest BCUT2D eigenvalue weighted by Crippen LogP contribution is 2.33. The Morgan fingerprint density at radius 2 is 1.71 bits per heavy atom. The van der Waals surface area contributed by atoms with Crippen LogP contribution in [0.5, 0.6) is 5.75 Å². The molecular formula is C14H21Cl2NO3S. The van der Waals surface area contributed by atoms with Gasteiger partial charge in [-0.25, -0.2) is 13.1 Å². The molecule has 0 heterocycles. The molecule has 1 aromatic carbocycles. The molecule has 0 aromatic heterocycles. The summed E-state index contributed by atoms with van der Waals surface area (Å²) in [7, 11) is -3.80. The molecule has 0 atom stereocenters. The largest absolute Gasteiger partial charge is 0.505 e. The van der Waals surface area contributed by atoms with Crippen LogP contribution < -0.4 is 4.72 Å². The van der Waals surface area contributed by atoms with Gasteiger partial charge in [-0.1, -0.05) is 62.2 Å². The van der Waals surface area contributed by atoms with Crippen LogP contribution in [0.1, 0.15) is 45.4 Å². The first-order chi connectivity index (χ1) is 9.88. The number of nitrogens with one attached hydrogen (secondary N) is 1. The quantitative estimate of drug-likeness (QED) is 0.649. The van der Waals surface area contributed by atoms with Crippen LogP contribution in [0.25, 0.3) is 0 Å². The number of sulfonamides is 1. The highest BCUT2D eigenvalue weighted by molar-refractivity contribution is 7.89. The van der Waals surface area contributed by atoms with Gasteiger partial charge in [0.1, 0.15) is 4.90 Å². The van der Waals surface area contributed by atoms with Gasteiger partial charge in [-0.3, -0.25) is 0 Å². The van der Waals surface area contributed by atoms with Gasteiger partial charge in [0, 0.05) is 11.6 Å². The third-order valence-corrected chi connectivity index (χ3v) is 5.09. The predicted molar refractivity (Wildman–Crippen MR) is 86.7 cm³/mol. The van der Waals surface area contributed by atoms with Crippen LogP contribution >= 0.6 is 23.2 Å². The summed E-state index contributed by atoms with van der Waals surface area (Å²) in [6.07, 6.45) is 6.41. The smallest absolute Gasteiger partial charge is 0.244 e. The first kappa shape index (κ1) is 18.6. The summed E-state index contributed by atoms with van der Waals surface area (Å²) in [6, 6.07) is 2.48. The van der Waals surface area contributed by atoms with Crippen molar-refractivity contribution < 1.29 is 13.5 Å². The molecule has 1 aromatic rings. The number of hydrogen-bond donors (Lipinski definition) is 2. The maximum Gasteiger partial charge on any atom is 0.244 e. The Kier molecular flexibility index (Phi) is 7.81. The Morgan fingerprint density at radius 1 is 1.10 bits per heavy atom. The molecule has 0 radical (unpaired) electrons. The zero-order valence-electron chi connectivity index (χ0n) is 12.0. The van der Waals surface area contributed by atoms with Gasteiger partial charge in [0.15, 0.2) is 5.75 Å². The molecule has 0 aliphatic heterocycles. The lowest BCUT2D eigenvalue weighted by atomic mass is 10.1. The Balaban J connectivity index is 2.55. The summed E-state index contributed by atoms with van der Waals surface area (Å²) in [6.45, 7) is 2.48. The minimum absolute atomic E-state index is 0.0811. The van der Waals surface area contributed by atoms with Crippen LogP contribution in [0, 0.1) is 0 Å². The lowest BCUT2D eigenvalue weighted by Gasteiger charge is -2.10. The van der Waals surface area contributed by atoms with E-state index in [0.717, 1.165) is 19.3 Å². The van der Waals surface area contributed by atoms with Gasteiger partial charge in [0.25, 0.3) is 0 Å². The molecule has 21 heavy (non-hydrogen) atoms. The van der Waals surface area contributed by atoms with Crippen molar-refractivity contribution in [1.82, 2.24) is 4.72 Å². The Bertz CT molecular complexity index is 562. The monoisotopic (exact) mass is 353 g/mol. The van der Waals surface area contributed by atoms with E-state index in [1.54, 1.807) is 0 Å². The molecule has 120 valence electrons. The second-order valence-electron chi connectivity index (χ2n) is 4.90. The summed E-state index contributed by atoms with van der Waals surface area (Å²) in [4.78, 5) is -0.286. The van der Waals surface area contributed by atoms with Crippen molar-refractivity contribution >= 4 is 33.2 Å². The van der Waals surface area contributed by atoms with Gasteiger partial charge >= 0.3 is 0 Å². The van der Waals surface area contributed by atoms with E-state index < -0.39 is 15.8 Å². The third kappa shape index (κ3) is 6.02. The molecule has 0 unspecified atom stereocenters. The molecule has 4 nitrogen and oxygen atoms in total. The van der Waals surface area contributed by atoms with E-state index >= 15 is 0 Å². The first-order valence-corrected chi connectivity index (χ1v) is 9.30. The number of aromatic hydroxyl groups is 1. The van der Waals surface area contributed by atoms with Crippen LogP contribution in [0.3, 0.4) is 0 Å². The Labute approximate surface area is 136 Å². The fourth-order valence-electron chi connectivity index (χ4n) is 1.94. The van der Waals surface area contributed by atoms with Gasteiger partial charge in [-0.05, 0) is 18.6 Å². The summed E-state index contributed by atoms with van der Waals surface area (Å²) >= 11 is 11.5. The minimum Gasteiger partial charge on any atom is -0.505 e. The van der Waals surface area contributed by atoms with Crippen LogP contribution in [0.4, 0.5) is 0 Å². The van der Waals surface area contributed by atoms with Gasteiger partial charge in [0.05, 0.1) is 5.02 Å². The molecule has 2 N–H and O–H groups in total. The molecule has 0 spiro atoms. The van der Waals surface area contributed by atoms with Crippen molar-refractivity contribution in [3.63, 3.8) is 0 Å². The average molecular weight is 354 g/mol. The molecule has 0 saturated carbocycles. The zero-order chi connectivity index (χ0) is 15.9. The summed E-state index contributed by atoms with van der Waals surface area (Å²) < 4.78 is 26.7. The van der Waals surface area contributed by atoms with E-state index in [9.17, 15) is 13.5 Å².